The number of likely N-dealkylation sites (tertiary alicyclic amines) is 1. The molecule has 5 nitrogen and oxygen atoms in total. The van der Waals surface area contributed by atoms with Gasteiger partial charge < -0.3 is 15.0 Å². The number of hydrogen-bond donors (Lipinski definition) is 1. The summed E-state index contributed by atoms with van der Waals surface area (Å²) in [4.78, 5) is 26.8. The van der Waals surface area contributed by atoms with E-state index >= 15 is 0 Å². The molecule has 0 bridgehead atoms. The molecule has 0 saturated carbocycles. The molecule has 2 rings (SSSR count). The number of amides is 2. The van der Waals surface area contributed by atoms with Gasteiger partial charge in [-0.25, -0.2) is 0 Å². The fourth-order valence-electron chi connectivity index (χ4n) is 3.48. The van der Waals surface area contributed by atoms with E-state index in [4.69, 9.17) is 4.74 Å². The summed E-state index contributed by atoms with van der Waals surface area (Å²) in [5.41, 5.74) is 0.732. The lowest BCUT2D eigenvalue weighted by atomic mass is 9.87. The largest absolute Gasteiger partial charge is 0.494 e. The van der Waals surface area contributed by atoms with E-state index in [2.05, 4.69) is 33.0 Å². The molecule has 2 amide bonds. The smallest absolute Gasteiger partial charge is 0.251 e. The van der Waals surface area contributed by atoms with Crippen molar-refractivity contribution in [1.29, 1.82) is 0 Å². The number of ether oxygens (including phenoxy) is 1. The lowest BCUT2D eigenvalue weighted by Gasteiger charge is -2.30. The Morgan fingerprint density at radius 3 is 2.56 bits per heavy atom. The second kappa shape index (κ2) is 9.77. The summed E-state index contributed by atoms with van der Waals surface area (Å²) < 4.78 is 5.61. The minimum atomic E-state index is -0.227. The van der Waals surface area contributed by atoms with Gasteiger partial charge in [-0.15, -0.1) is 0 Å². The van der Waals surface area contributed by atoms with Crippen LogP contribution in [0.1, 0.15) is 70.2 Å². The van der Waals surface area contributed by atoms with E-state index in [1.54, 1.807) is 24.3 Å². The maximum atomic E-state index is 12.6. The van der Waals surface area contributed by atoms with Gasteiger partial charge in [0.15, 0.2) is 0 Å². The number of unbranched alkanes of at least 4 members (excludes halogenated alkanes) is 1. The van der Waals surface area contributed by atoms with Crippen LogP contribution in [0.4, 0.5) is 0 Å². The van der Waals surface area contributed by atoms with Crippen molar-refractivity contribution in [2.45, 2.75) is 65.8 Å². The SMILES string of the molecule is CCCCOc1ccc(C(=O)NCC(=O)N2CCCC2CC(C)(C)C)cc1. The van der Waals surface area contributed by atoms with Gasteiger partial charge in [0.1, 0.15) is 5.75 Å². The van der Waals surface area contributed by atoms with E-state index in [0.717, 1.165) is 44.4 Å². The van der Waals surface area contributed by atoms with E-state index < -0.39 is 0 Å². The van der Waals surface area contributed by atoms with E-state index in [0.29, 0.717) is 12.2 Å². The highest BCUT2D eigenvalue weighted by Gasteiger charge is 2.31. The van der Waals surface area contributed by atoms with Crippen LogP contribution in [0.3, 0.4) is 0 Å². The van der Waals surface area contributed by atoms with Gasteiger partial charge in [0.05, 0.1) is 13.2 Å². The minimum Gasteiger partial charge on any atom is -0.494 e. The van der Waals surface area contributed by atoms with Gasteiger partial charge in [-0.3, -0.25) is 9.59 Å². The van der Waals surface area contributed by atoms with Crippen LogP contribution in [-0.2, 0) is 4.79 Å². The van der Waals surface area contributed by atoms with Gasteiger partial charge in [0.25, 0.3) is 5.91 Å². The zero-order chi connectivity index (χ0) is 19.9. The number of nitrogens with one attached hydrogen (secondary N) is 1. The minimum absolute atomic E-state index is 0.00891. The molecule has 1 aliphatic rings. The number of benzene rings is 1. The molecule has 0 aliphatic carbocycles. The predicted octanol–water partition coefficient (Wildman–Crippen LogP) is 4.02. The summed E-state index contributed by atoms with van der Waals surface area (Å²) in [7, 11) is 0. The molecule has 1 aromatic rings. The first kappa shape index (κ1) is 21.3. The first-order valence-electron chi connectivity index (χ1n) is 10.1. The topological polar surface area (TPSA) is 58.6 Å². The average Bonchev–Trinajstić information content (AvgIpc) is 3.06. The van der Waals surface area contributed by atoms with Crippen molar-refractivity contribution in [3.8, 4) is 5.75 Å². The fourth-order valence-corrected chi connectivity index (χ4v) is 3.48. The molecular weight excluding hydrogens is 340 g/mol. The van der Waals surface area contributed by atoms with E-state index in [1.165, 1.54) is 0 Å². The first-order valence-corrected chi connectivity index (χ1v) is 10.1. The van der Waals surface area contributed by atoms with Crippen molar-refractivity contribution >= 4 is 11.8 Å². The Morgan fingerprint density at radius 2 is 1.93 bits per heavy atom. The standard InChI is InChI=1S/C22H34N2O3/c1-5-6-14-27-19-11-9-17(10-12-19)21(26)23-16-20(25)24-13-7-8-18(24)15-22(2,3)4/h9-12,18H,5-8,13-16H2,1-4H3,(H,23,26). The van der Waals surface area contributed by atoms with Gasteiger partial charge in [-0.2, -0.15) is 0 Å². The summed E-state index contributed by atoms with van der Waals surface area (Å²) in [5, 5.41) is 2.76. The van der Waals surface area contributed by atoms with Crippen molar-refractivity contribution in [1.82, 2.24) is 10.2 Å². The van der Waals surface area contributed by atoms with Gasteiger partial charge in [-0.1, -0.05) is 34.1 Å². The van der Waals surface area contributed by atoms with Gasteiger partial charge in [0.2, 0.25) is 5.91 Å². The maximum absolute atomic E-state index is 12.6. The molecule has 0 radical (unpaired) electrons. The second-order valence-electron chi connectivity index (χ2n) is 8.56. The summed E-state index contributed by atoms with van der Waals surface area (Å²) in [6, 6.07) is 7.35. The molecule has 1 atom stereocenters. The van der Waals surface area contributed by atoms with E-state index in [-0.39, 0.29) is 29.8 Å². The van der Waals surface area contributed by atoms with Crippen molar-refractivity contribution in [3.63, 3.8) is 0 Å². The molecule has 1 fully saturated rings. The van der Waals surface area contributed by atoms with Crippen LogP contribution in [0.2, 0.25) is 0 Å². The zero-order valence-corrected chi connectivity index (χ0v) is 17.2. The van der Waals surface area contributed by atoms with E-state index in [1.807, 2.05) is 4.90 Å². The molecule has 1 unspecified atom stereocenters. The predicted molar refractivity (Wildman–Crippen MR) is 108 cm³/mol. The van der Waals surface area contributed by atoms with Crippen molar-refractivity contribution in [2.75, 3.05) is 19.7 Å². The van der Waals surface area contributed by atoms with Crippen LogP contribution in [0.5, 0.6) is 5.75 Å². The van der Waals surface area contributed by atoms with Crippen LogP contribution in [-0.4, -0.2) is 42.5 Å². The monoisotopic (exact) mass is 374 g/mol. The van der Waals surface area contributed by atoms with Crippen LogP contribution in [0.15, 0.2) is 24.3 Å². The van der Waals surface area contributed by atoms with Crippen LogP contribution < -0.4 is 10.1 Å². The quantitative estimate of drug-likeness (QED) is 0.699. The van der Waals surface area contributed by atoms with Gasteiger partial charge >= 0.3 is 0 Å². The highest BCUT2D eigenvalue weighted by atomic mass is 16.5. The Morgan fingerprint density at radius 1 is 1.22 bits per heavy atom. The summed E-state index contributed by atoms with van der Waals surface area (Å²) >= 11 is 0. The Bertz CT molecular complexity index is 619. The summed E-state index contributed by atoms with van der Waals surface area (Å²) in [6.07, 6.45) is 5.18. The zero-order valence-electron chi connectivity index (χ0n) is 17.2. The third-order valence-corrected chi connectivity index (χ3v) is 4.83. The normalized spacial score (nSPS) is 17.0. The van der Waals surface area contributed by atoms with Gasteiger partial charge in [-0.05, 0) is 55.4 Å². The van der Waals surface area contributed by atoms with Crippen molar-refractivity contribution in [3.05, 3.63) is 29.8 Å². The molecule has 0 spiro atoms. The van der Waals surface area contributed by atoms with Crippen LogP contribution >= 0.6 is 0 Å². The Balaban J connectivity index is 1.83. The Hall–Kier alpha value is -2.04. The Kier molecular flexibility index (Phi) is 7.69. The number of nitrogens with zero attached hydrogens (tertiary/aromatic N) is 1. The molecule has 1 N–H and O–H groups in total. The first-order chi connectivity index (χ1) is 12.8. The van der Waals surface area contributed by atoms with Crippen molar-refractivity contribution in [2.24, 2.45) is 5.41 Å². The third kappa shape index (κ3) is 6.89. The highest BCUT2D eigenvalue weighted by molar-refractivity contribution is 5.96. The van der Waals surface area contributed by atoms with Crippen LogP contribution in [0.25, 0.3) is 0 Å². The fraction of sp³-hybridized carbons (Fsp3) is 0.636. The summed E-state index contributed by atoms with van der Waals surface area (Å²) in [6.45, 7) is 10.2. The third-order valence-electron chi connectivity index (χ3n) is 4.83. The molecule has 150 valence electrons. The molecular formula is C22H34N2O3. The molecule has 1 saturated heterocycles. The van der Waals surface area contributed by atoms with Gasteiger partial charge in [0, 0.05) is 18.2 Å². The highest BCUT2D eigenvalue weighted by Crippen LogP contribution is 2.29. The number of rotatable bonds is 8. The number of hydrogen-bond acceptors (Lipinski definition) is 3. The summed E-state index contributed by atoms with van der Waals surface area (Å²) in [5.74, 6) is 0.544. The molecule has 1 aromatic carbocycles. The number of carbonyl (C=O) groups excluding carboxylic acids is 2. The van der Waals surface area contributed by atoms with E-state index in [9.17, 15) is 9.59 Å². The average molecular weight is 375 g/mol. The molecule has 0 aromatic heterocycles. The number of carbonyl (C=O) groups is 2. The molecule has 27 heavy (non-hydrogen) atoms. The molecule has 1 heterocycles. The lowest BCUT2D eigenvalue weighted by molar-refractivity contribution is -0.131. The second-order valence-corrected chi connectivity index (χ2v) is 8.56. The molecule has 1 aliphatic heterocycles. The maximum Gasteiger partial charge on any atom is 0.251 e. The van der Waals surface area contributed by atoms with Crippen molar-refractivity contribution < 1.29 is 14.3 Å². The lowest BCUT2D eigenvalue weighted by Crippen LogP contribution is -2.43. The van der Waals surface area contributed by atoms with Crippen LogP contribution in [0, 0.1) is 5.41 Å². The molecule has 5 heteroatoms. The Labute approximate surface area is 163 Å².